The summed E-state index contributed by atoms with van der Waals surface area (Å²) in [5.74, 6) is 0.286. The fourth-order valence-electron chi connectivity index (χ4n) is 6.92. The molecule has 38 heavy (non-hydrogen) atoms. The second kappa shape index (κ2) is 10.7. The van der Waals surface area contributed by atoms with E-state index in [1.54, 1.807) is 0 Å². The molecule has 196 valence electrons. The summed E-state index contributed by atoms with van der Waals surface area (Å²) in [5, 5.41) is 0. The van der Waals surface area contributed by atoms with Gasteiger partial charge in [-0.15, -0.1) is 0 Å². The minimum atomic E-state index is -0.856. The lowest BCUT2D eigenvalue weighted by molar-refractivity contribution is -0.130. The van der Waals surface area contributed by atoms with Crippen LogP contribution in [0.25, 0.3) is 0 Å². The van der Waals surface area contributed by atoms with Crippen molar-refractivity contribution in [3.8, 4) is 0 Å². The van der Waals surface area contributed by atoms with Crippen LogP contribution in [0.5, 0.6) is 0 Å². The van der Waals surface area contributed by atoms with Crippen LogP contribution in [-0.2, 0) is 15.6 Å². The Bertz CT molecular complexity index is 1240. The molecule has 0 saturated carbocycles. The lowest BCUT2D eigenvalue weighted by Crippen LogP contribution is -2.56. The number of hydrogen-bond donors (Lipinski definition) is 0. The number of carbonyl (C=O) groups excluding carboxylic acids is 1. The Morgan fingerprint density at radius 1 is 0.447 bits per heavy atom. The zero-order valence-corrected chi connectivity index (χ0v) is 24.3. The molecule has 0 amide bonds. The Morgan fingerprint density at radius 3 is 0.842 bits per heavy atom. The Morgan fingerprint density at radius 2 is 0.658 bits per heavy atom. The molecule has 4 aromatic carbocycles. The predicted octanol–water partition coefficient (Wildman–Crippen LogP) is 9.07. The van der Waals surface area contributed by atoms with Gasteiger partial charge in [0, 0.05) is 0 Å². The first-order chi connectivity index (χ1) is 18.1. The number of Topliss-reactive ketones (excluding diaryl/α,β-unsaturated/α-hetero) is 1. The van der Waals surface area contributed by atoms with E-state index in [0.29, 0.717) is 0 Å². The van der Waals surface area contributed by atoms with E-state index in [4.69, 9.17) is 0 Å². The summed E-state index contributed by atoms with van der Waals surface area (Å²) < 4.78 is 0. The number of rotatable bonds is 8. The first-order valence-corrected chi connectivity index (χ1v) is 13.9. The molecule has 0 unspecified atom stereocenters. The number of hydrogen-bond acceptors (Lipinski definition) is 1. The minimum absolute atomic E-state index is 0.0170. The van der Waals surface area contributed by atoms with E-state index in [2.05, 4.69) is 152 Å². The molecule has 0 aliphatic heterocycles. The summed E-state index contributed by atoms with van der Waals surface area (Å²) in [4.78, 5) is 16.2. The highest BCUT2D eigenvalue weighted by Gasteiger charge is 2.58. The quantitative estimate of drug-likeness (QED) is 0.235. The van der Waals surface area contributed by atoms with Gasteiger partial charge in [-0.2, -0.15) is 0 Å². The Kier molecular flexibility index (Phi) is 7.79. The van der Waals surface area contributed by atoms with Gasteiger partial charge < -0.3 is 0 Å². The third kappa shape index (κ3) is 4.13. The SMILES string of the molecule is Cc1ccccc1C(C(=O)C(c1ccccc1C)(c1ccccc1C)C(C)C)(c1ccccc1C)C(C)C. The van der Waals surface area contributed by atoms with Gasteiger partial charge in [0.25, 0.3) is 0 Å². The summed E-state index contributed by atoms with van der Waals surface area (Å²) in [6.45, 7) is 17.5. The van der Waals surface area contributed by atoms with Crippen LogP contribution in [0.15, 0.2) is 97.1 Å². The predicted molar refractivity (Wildman–Crippen MR) is 161 cm³/mol. The first-order valence-electron chi connectivity index (χ1n) is 13.9. The summed E-state index contributed by atoms with van der Waals surface area (Å²) in [5.41, 5.74) is 7.26. The van der Waals surface area contributed by atoms with Crippen molar-refractivity contribution in [2.75, 3.05) is 0 Å². The Hall–Kier alpha value is -3.45. The van der Waals surface area contributed by atoms with Crippen LogP contribution in [0.3, 0.4) is 0 Å². The van der Waals surface area contributed by atoms with E-state index in [-0.39, 0.29) is 17.6 Å². The van der Waals surface area contributed by atoms with Gasteiger partial charge >= 0.3 is 0 Å². The highest BCUT2D eigenvalue weighted by atomic mass is 16.1. The van der Waals surface area contributed by atoms with Crippen LogP contribution in [0.1, 0.15) is 72.2 Å². The molecule has 1 heteroatoms. The van der Waals surface area contributed by atoms with Crippen molar-refractivity contribution in [2.24, 2.45) is 11.8 Å². The van der Waals surface area contributed by atoms with Crippen molar-refractivity contribution in [1.82, 2.24) is 0 Å². The molecular weight excluding hydrogens is 460 g/mol. The van der Waals surface area contributed by atoms with Crippen LogP contribution < -0.4 is 0 Å². The van der Waals surface area contributed by atoms with Crippen LogP contribution >= 0.6 is 0 Å². The summed E-state index contributed by atoms with van der Waals surface area (Å²) in [6.07, 6.45) is 0. The highest BCUT2D eigenvalue weighted by Crippen LogP contribution is 2.53. The van der Waals surface area contributed by atoms with Gasteiger partial charge in [0.1, 0.15) is 0 Å². The molecule has 0 bridgehead atoms. The van der Waals surface area contributed by atoms with E-state index >= 15 is 4.79 Å². The Balaban J connectivity index is 2.27. The molecule has 4 rings (SSSR count). The van der Waals surface area contributed by atoms with Gasteiger partial charge in [-0.05, 0) is 84.0 Å². The summed E-state index contributed by atoms with van der Waals surface area (Å²) in [7, 11) is 0. The smallest absolute Gasteiger partial charge is 0.163 e. The van der Waals surface area contributed by atoms with Gasteiger partial charge in [0.2, 0.25) is 0 Å². The number of benzene rings is 4. The van der Waals surface area contributed by atoms with Gasteiger partial charge in [-0.25, -0.2) is 0 Å². The average molecular weight is 503 g/mol. The zero-order chi connectivity index (χ0) is 27.7. The van der Waals surface area contributed by atoms with Gasteiger partial charge in [-0.1, -0.05) is 125 Å². The normalized spacial score (nSPS) is 12.3. The topological polar surface area (TPSA) is 17.1 Å². The monoisotopic (exact) mass is 502 g/mol. The minimum Gasteiger partial charge on any atom is -0.297 e. The standard InChI is InChI=1S/C37H42O/c1-25(2)36(31-21-13-9-17-27(31)5,32-22-14-10-18-28(32)6)35(38)37(26(3)4,33-23-15-11-19-29(33)7)34-24-16-12-20-30(34)8/h9-26H,1-8H3. The second-order valence-corrected chi connectivity index (χ2v) is 11.5. The van der Waals surface area contributed by atoms with E-state index in [1.807, 2.05) is 0 Å². The molecule has 0 radical (unpaired) electrons. The molecule has 0 fully saturated rings. The molecule has 0 heterocycles. The Labute approximate surface area is 230 Å². The molecule has 0 saturated heterocycles. The third-order valence-corrected chi connectivity index (χ3v) is 8.73. The number of ketones is 1. The molecular formula is C37H42O. The van der Waals surface area contributed by atoms with Crippen molar-refractivity contribution in [3.05, 3.63) is 142 Å². The third-order valence-electron chi connectivity index (χ3n) is 8.73. The summed E-state index contributed by atoms with van der Waals surface area (Å²) in [6, 6.07) is 34.0. The van der Waals surface area contributed by atoms with Gasteiger partial charge in [-0.3, -0.25) is 4.79 Å². The van der Waals surface area contributed by atoms with Crippen molar-refractivity contribution < 1.29 is 4.79 Å². The van der Waals surface area contributed by atoms with E-state index in [9.17, 15) is 0 Å². The molecule has 0 atom stereocenters. The van der Waals surface area contributed by atoms with Crippen LogP contribution in [0.2, 0.25) is 0 Å². The van der Waals surface area contributed by atoms with Crippen molar-refractivity contribution in [3.63, 3.8) is 0 Å². The largest absolute Gasteiger partial charge is 0.297 e. The molecule has 0 N–H and O–H groups in total. The zero-order valence-electron chi connectivity index (χ0n) is 24.3. The van der Waals surface area contributed by atoms with Crippen LogP contribution in [-0.4, -0.2) is 5.78 Å². The van der Waals surface area contributed by atoms with Crippen molar-refractivity contribution in [1.29, 1.82) is 0 Å². The maximum absolute atomic E-state index is 16.2. The summed E-state index contributed by atoms with van der Waals surface area (Å²) >= 11 is 0. The van der Waals surface area contributed by atoms with Crippen LogP contribution in [0.4, 0.5) is 0 Å². The average Bonchev–Trinajstić information content (AvgIpc) is 2.88. The lowest BCUT2D eigenvalue weighted by atomic mass is 9.51. The number of carbonyl (C=O) groups is 1. The maximum Gasteiger partial charge on any atom is 0.163 e. The first kappa shape index (κ1) is 27.6. The van der Waals surface area contributed by atoms with E-state index in [1.165, 1.54) is 0 Å². The second-order valence-electron chi connectivity index (χ2n) is 11.5. The van der Waals surface area contributed by atoms with Gasteiger partial charge in [0.15, 0.2) is 5.78 Å². The fourth-order valence-corrected chi connectivity index (χ4v) is 6.92. The molecule has 4 aromatic rings. The molecule has 1 nitrogen and oxygen atoms in total. The molecule has 0 aliphatic carbocycles. The van der Waals surface area contributed by atoms with Crippen molar-refractivity contribution in [2.45, 2.75) is 66.2 Å². The molecule has 0 aromatic heterocycles. The van der Waals surface area contributed by atoms with E-state index in [0.717, 1.165) is 44.5 Å². The van der Waals surface area contributed by atoms with Gasteiger partial charge in [0.05, 0.1) is 10.8 Å². The van der Waals surface area contributed by atoms with Crippen molar-refractivity contribution >= 4 is 5.78 Å². The fraction of sp³-hybridized carbons (Fsp3) is 0.324. The van der Waals surface area contributed by atoms with E-state index < -0.39 is 10.8 Å². The lowest BCUT2D eigenvalue weighted by Gasteiger charge is -2.49. The molecule has 0 spiro atoms. The molecule has 0 aliphatic rings. The number of aryl methyl sites for hydroxylation is 4. The highest BCUT2D eigenvalue weighted by molar-refractivity contribution is 6.05. The van der Waals surface area contributed by atoms with Crippen LogP contribution in [0, 0.1) is 39.5 Å². The maximum atomic E-state index is 16.2.